The van der Waals surface area contributed by atoms with Gasteiger partial charge in [-0.3, -0.25) is 0 Å². The molecular weight excluding hydrogens is 272 g/mol. The molecule has 0 saturated heterocycles. The van der Waals surface area contributed by atoms with Crippen LogP contribution >= 0.6 is 11.3 Å². The van der Waals surface area contributed by atoms with Gasteiger partial charge < -0.3 is 15.2 Å². The van der Waals surface area contributed by atoms with Gasteiger partial charge in [0.05, 0.1) is 23.4 Å². The van der Waals surface area contributed by atoms with Crippen molar-refractivity contribution < 1.29 is 9.84 Å². The summed E-state index contributed by atoms with van der Waals surface area (Å²) < 4.78 is 4.92. The van der Waals surface area contributed by atoms with E-state index in [-0.39, 0.29) is 11.5 Å². The smallest absolute Gasteiger partial charge is 0.0985 e. The van der Waals surface area contributed by atoms with E-state index in [2.05, 4.69) is 44.9 Å². The number of aliphatic hydroxyl groups is 1. The summed E-state index contributed by atoms with van der Waals surface area (Å²) in [6.07, 6.45) is 0.301. The molecule has 20 heavy (non-hydrogen) atoms. The van der Waals surface area contributed by atoms with Gasteiger partial charge in [-0.25, -0.2) is 4.98 Å². The lowest BCUT2D eigenvalue weighted by atomic mass is 9.98. The number of nitrogens with one attached hydrogen (secondary N) is 1. The second-order valence-electron chi connectivity index (χ2n) is 6.29. The molecule has 1 rings (SSSR count). The average molecular weight is 300 g/mol. The molecule has 0 aliphatic carbocycles. The van der Waals surface area contributed by atoms with Crippen LogP contribution in [0, 0.1) is 6.92 Å². The van der Waals surface area contributed by atoms with Gasteiger partial charge in [-0.2, -0.15) is 0 Å². The molecule has 1 aromatic heterocycles. The second-order valence-corrected chi connectivity index (χ2v) is 7.32. The molecule has 0 aliphatic heterocycles. The maximum Gasteiger partial charge on any atom is 0.0985 e. The van der Waals surface area contributed by atoms with Crippen LogP contribution in [-0.2, 0) is 10.2 Å². The van der Waals surface area contributed by atoms with E-state index in [4.69, 9.17) is 4.74 Å². The molecule has 0 radical (unpaired) electrons. The zero-order valence-corrected chi connectivity index (χ0v) is 14.3. The van der Waals surface area contributed by atoms with Crippen molar-refractivity contribution >= 4 is 11.3 Å². The molecule has 2 unspecified atom stereocenters. The lowest BCUT2D eigenvalue weighted by Crippen LogP contribution is -2.25. The number of rotatable bonds is 7. The highest BCUT2D eigenvalue weighted by atomic mass is 32.1. The van der Waals surface area contributed by atoms with Gasteiger partial charge in [0.25, 0.3) is 0 Å². The van der Waals surface area contributed by atoms with Crippen molar-refractivity contribution in [3.05, 3.63) is 15.6 Å². The standard InChI is InChI=1S/C15H28N2O2S/c1-10(16-8-7-12(18)9-19-6)13-11(2)17-14(20-13)15(3,4)5/h10,12,16,18H,7-9H2,1-6H3. The monoisotopic (exact) mass is 300 g/mol. The van der Waals surface area contributed by atoms with Gasteiger partial charge in [-0.15, -0.1) is 11.3 Å². The number of aromatic nitrogens is 1. The van der Waals surface area contributed by atoms with E-state index in [9.17, 15) is 5.11 Å². The maximum absolute atomic E-state index is 9.62. The third kappa shape index (κ3) is 5.13. The predicted octanol–water partition coefficient (Wildman–Crippen LogP) is 2.80. The van der Waals surface area contributed by atoms with Gasteiger partial charge in [0, 0.05) is 23.4 Å². The summed E-state index contributed by atoms with van der Waals surface area (Å²) in [5.74, 6) is 0. The first kappa shape index (κ1) is 17.6. The minimum atomic E-state index is -0.396. The molecule has 0 spiro atoms. The number of aryl methyl sites for hydroxylation is 1. The van der Waals surface area contributed by atoms with Crippen molar-refractivity contribution in [2.45, 2.75) is 58.6 Å². The van der Waals surface area contributed by atoms with Crippen molar-refractivity contribution in [3.8, 4) is 0 Å². The number of methoxy groups -OCH3 is 1. The number of thiazole rings is 1. The Morgan fingerprint density at radius 1 is 1.40 bits per heavy atom. The number of hydrogen-bond donors (Lipinski definition) is 2. The van der Waals surface area contributed by atoms with Crippen LogP contribution in [-0.4, -0.2) is 36.5 Å². The van der Waals surface area contributed by atoms with Crippen LogP contribution in [0.25, 0.3) is 0 Å². The molecule has 116 valence electrons. The molecule has 2 N–H and O–H groups in total. The van der Waals surface area contributed by atoms with Gasteiger partial charge in [0.2, 0.25) is 0 Å². The van der Waals surface area contributed by atoms with Crippen molar-refractivity contribution in [1.82, 2.24) is 10.3 Å². The quantitative estimate of drug-likeness (QED) is 0.813. The van der Waals surface area contributed by atoms with E-state index in [1.54, 1.807) is 18.4 Å². The molecular formula is C15H28N2O2S. The van der Waals surface area contributed by atoms with Crippen molar-refractivity contribution in [2.24, 2.45) is 0 Å². The van der Waals surface area contributed by atoms with Gasteiger partial charge in [0.1, 0.15) is 0 Å². The summed E-state index contributed by atoms with van der Waals surface area (Å²) in [5.41, 5.74) is 1.21. The van der Waals surface area contributed by atoms with Crippen molar-refractivity contribution in [1.29, 1.82) is 0 Å². The first-order valence-electron chi connectivity index (χ1n) is 7.14. The molecule has 0 bridgehead atoms. The van der Waals surface area contributed by atoms with E-state index >= 15 is 0 Å². The number of nitrogens with zero attached hydrogens (tertiary/aromatic N) is 1. The zero-order valence-electron chi connectivity index (χ0n) is 13.5. The van der Waals surface area contributed by atoms with Crippen molar-refractivity contribution in [2.75, 3.05) is 20.3 Å². The molecule has 1 aromatic rings. The first-order chi connectivity index (χ1) is 9.25. The average Bonchev–Trinajstić information content (AvgIpc) is 2.71. The Bertz CT molecular complexity index is 412. The Balaban J connectivity index is 2.55. The van der Waals surface area contributed by atoms with E-state index < -0.39 is 6.10 Å². The Kier molecular flexibility index (Phi) is 6.58. The Labute approximate surface area is 126 Å². The van der Waals surface area contributed by atoms with Crippen LogP contribution in [0.4, 0.5) is 0 Å². The molecule has 5 heteroatoms. The SMILES string of the molecule is COCC(O)CCNC(C)c1sc(C(C)(C)C)nc1C. The molecule has 0 aromatic carbocycles. The summed E-state index contributed by atoms with van der Waals surface area (Å²) in [7, 11) is 1.61. The minimum absolute atomic E-state index is 0.0993. The first-order valence-corrected chi connectivity index (χ1v) is 7.95. The highest BCUT2D eigenvalue weighted by Crippen LogP contribution is 2.32. The second kappa shape index (κ2) is 7.50. The van der Waals surface area contributed by atoms with Crippen LogP contribution in [0.1, 0.15) is 55.7 Å². The topological polar surface area (TPSA) is 54.4 Å². The van der Waals surface area contributed by atoms with Gasteiger partial charge >= 0.3 is 0 Å². The summed E-state index contributed by atoms with van der Waals surface area (Å²) in [6, 6.07) is 0.262. The van der Waals surface area contributed by atoms with E-state index in [0.717, 1.165) is 12.2 Å². The zero-order chi connectivity index (χ0) is 15.3. The molecule has 0 saturated carbocycles. The van der Waals surface area contributed by atoms with Crippen LogP contribution in [0.3, 0.4) is 0 Å². The van der Waals surface area contributed by atoms with Gasteiger partial charge in [0.15, 0.2) is 0 Å². The van der Waals surface area contributed by atoms with Crippen LogP contribution < -0.4 is 5.32 Å². The molecule has 1 heterocycles. The lowest BCUT2D eigenvalue weighted by molar-refractivity contribution is 0.0591. The van der Waals surface area contributed by atoms with Crippen LogP contribution in [0.5, 0.6) is 0 Å². The molecule has 4 nitrogen and oxygen atoms in total. The fraction of sp³-hybridized carbons (Fsp3) is 0.800. The number of aliphatic hydroxyl groups excluding tert-OH is 1. The molecule has 0 aliphatic rings. The summed E-state index contributed by atoms with van der Waals surface area (Å²) >= 11 is 1.78. The summed E-state index contributed by atoms with van der Waals surface area (Å²) in [5, 5.41) is 14.3. The highest BCUT2D eigenvalue weighted by molar-refractivity contribution is 7.12. The normalized spacial score (nSPS) is 15.3. The van der Waals surface area contributed by atoms with E-state index in [0.29, 0.717) is 13.0 Å². The number of ether oxygens (including phenoxy) is 1. The molecule has 2 atom stereocenters. The Morgan fingerprint density at radius 2 is 2.05 bits per heavy atom. The Morgan fingerprint density at radius 3 is 2.55 bits per heavy atom. The molecule has 0 amide bonds. The van der Waals surface area contributed by atoms with E-state index in [1.165, 1.54) is 9.88 Å². The Hall–Kier alpha value is -0.490. The third-order valence-electron chi connectivity index (χ3n) is 3.15. The highest BCUT2D eigenvalue weighted by Gasteiger charge is 2.22. The fourth-order valence-electron chi connectivity index (χ4n) is 1.97. The van der Waals surface area contributed by atoms with Gasteiger partial charge in [-0.05, 0) is 26.8 Å². The summed E-state index contributed by atoms with van der Waals surface area (Å²) in [4.78, 5) is 5.97. The minimum Gasteiger partial charge on any atom is -0.391 e. The van der Waals surface area contributed by atoms with Crippen LogP contribution in [0.2, 0.25) is 0 Å². The lowest BCUT2D eigenvalue weighted by Gasteiger charge is -2.15. The van der Waals surface area contributed by atoms with Crippen LogP contribution in [0.15, 0.2) is 0 Å². The van der Waals surface area contributed by atoms with Gasteiger partial charge in [-0.1, -0.05) is 20.8 Å². The molecule has 0 fully saturated rings. The third-order valence-corrected chi connectivity index (χ3v) is 4.92. The van der Waals surface area contributed by atoms with E-state index in [1.807, 2.05) is 0 Å². The maximum atomic E-state index is 9.62. The number of hydrogen-bond acceptors (Lipinski definition) is 5. The van der Waals surface area contributed by atoms with Crippen molar-refractivity contribution in [3.63, 3.8) is 0 Å². The largest absolute Gasteiger partial charge is 0.391 e. The predicted molar refractivity (Wildman–Crippen MR) is 84.5 cm³/mol. The summed E-state index contributed by atoms with van der Waals surface area (Å²) in [6.45, 7) is 11.9. The fourth-order valence-corrected chi connectivity index (χ4v) is 3.12.